The van der Waals surface area contributed by atoms with E-state index < -0.39 is 20.9 Å². The standard InChI is InChI=1S/C22H18Cl2N4O5S/c1-34(32,33)27(14-16-4-2-3-5-20(16)23)18-8-6-15(7-9-18)22(29)26-25-13-17-12-19(28(30)31)10-11-21(17)24/h2-13H,14H2,1H3,(H,26,29). The number of nitrogens with zero attached hydrogens (tertiary/aromatic N) is 3. The fourth-order valence-electron chi connectivity index (χ4n) is 2.93. The van der Waals surface area contributed by atoms with Crippen molar-refractivity contribution >= 4 is 56.7 Å². The van der Waals surface area contributed by atoms with Gasteiger partial charge in [0, 0.05) is 33.3 Å². The Kier molecular flexibility index (Phi) is 7.87. The van der Waals surface area contributed by atoms with Crippen molar-refractivity contribution in [2.75, 3.05) is 10.6 Å². The number of carbonyl (C=O) groups excluding carboxylic acids is 1. The number of nitro benzene ring substituents is 1. The summed E-state index contributed by atoms with van der Waals surface area (Å²) in [6.45, 7) is 0.0261. The predicted molar refractivity (Wildman–Crippen MR) is 132 cm³/mol. The third kappa shape index (κ3) is 6.31. The number of sulfonamides is 1. The molecule has 1 amide bonds. The molecule has 3 aromatic carbocycles. The second kappa shape index (κ2) is 10.6. The first-order valence-electron chi connectivity index (χ1n) is 9.65. The highest BCUT2D eigenvalue weighted by Crippen LogP contribution is 2.25. The van der Waals surface area contributed by atoms with Gasteiger partial charge in [-0.05, 0) is 42.0 Å². The summed E-state index contributed by atoms with van der Waals surface area (Å²) in [6.07, 6.45) is 2.27. The van der Waals surface area contributed by atoms with Crippen LogP contribution in [0, 0.1) is 10.1 Å². The topological polar surface area (TPSA) is 122 Å². The van der Waals surface area contributed by atoms with Gasteiger partial charge in [0.05, 0.1) is 29.6 Å². The molecule has 1 N–H and O–H groups in total. The highest BCUT2D eigenvalue weighted by molar-refractivity contribution is 7.92. The first-order chi connectivity index (χ1) is 16.1. The molecule has 3 rings (SSSR count). The van der Waals surface area contributed by atoms with Crippen LogP contribution >= 0.6 is 23.2 Å². The molecule has 0 saturated carbocycles. The lowest BCUT2D eigenvalue weighted by Crippen LogP contribution is -2.29. The molecule has 0 saturated heterocycles. The van der Waals surface area contributed by atoms with Gasteiger partial charge in [-0.3, -0.25) is 19.2 Å². The number of nitrogens with one attached hydrogen (secondary N) is 1. The van der Waals surface area contributed by atoms with E-state index in [4.69, 9.17) is 23.2 Å². The molecule has 0 spiro atoms. The fraction of sp³-hybridized carbons (Fsp3) is 0.0909. The number of hydrazone groups is 1. The van der Waals surface area contributed by atoms with Crippen molar-refractivity contribution < 1.29 is 18.1 Å². The maximum Gasteiger partial charge on any atom is 0.271 e. The summed E-state index contributed by atoms with van der Waals surface area (Å²) in [7, 11) is -3.63. The SMILES string of the molecule is CS(=O)(=O)N(Cc1ccccc1Cl)c1ccc(C(=O)NN=Cc2cc([N+](=O)[O-])ccc2Cl)cc1. The van der Waals surface area contributed by atoms with Crippen LogP contribution in [0.5, 0.6) is 0 Å². The van der Waals surface area contributed by atoms with Gasteiger partial charge >= 0.3 is 0 Å². The van der Waals surface area contributed by atoms with Gasteiger partial charge in [-0.1, -0.05) is 41.4 Å². The maximum atomic E-state index is 12.4. The van der Waals surface area contributed by atoms with E-state index in [0.717, 1.165) is 6.26 Å². The summed E-state index contributed by atoms with van der Waals surface area (Å²) in [6, 6.07) is 16.6. The first-order valence-corrected chi connectivity index (χ1v) is 12.2. The van der Waals surface area contributed by atoms with E-state index in [1.54, 1.807) is 24.3 Å². The molecule has 12 heteroatoms. The molecule has 176 valence electrons. The first kappa shape index (κ1) is 25.2. The van der Waals surface area contributed by atoms with Crippen LogP contribution in [0.15, 0.2) is 71.8 Å². The number of benzene rings is 3. The molecule has 0 aromatic heterocycles. The lowest BCUT2D eigenvalue weighted by atomic mass is 10.2. The molecule has 0 aliphatic carbocycles. The zero-order valence-electron chi connectivity index (χ0n) is 17.7. The van der Waals surface area contributed by atoms with Crippen molar-refractivity contribution in [1.29, 1.82) is 0 Å². The van der Waals surface area contributed by atoms with Crippen LogP contribution in [0.3, 0.4) is 0 Å². The Morgan fingerprint density at radius 3 is 2.38 bits per heavy atom. The number of hydrogen-bond donors (Lipinski definition) is 1. The predicted octanol–water partition coefficient (Wildman–Crippen LogP) is 4.63. The van der Waals surface area contributed by atoms with Crippen LogP contribution in [0.25, 0.3) is 0 Å². The quantitative estimate of drug-likeness (QED) is 0.263. The Bertz CT molecular complexity index is 1360. The number of amides is 1. The molecule has 0 unspecified atom stereocenters. The molecular weight excluding hydrogens is 503 g/mol. The Labute approximate surface area is 205 Å². The van der Waals surface area contributed by atoms with Gasteiger partial charge in [0.1, 0.15) is 0 Å². The third-order valence-electron chi connectivity index (χ3n) is 4.65. The summed E-state index contributed by atoms with van der Waals surface area (Å²) < 4.78 is 25.9. The number of nitro groups is 1. The highest BCUT2D eigenvalue weighted by Gasteiger charge is 2.19. The minimum Gasteiger partial charge on any atom is -0.267 e. The zero-order valence-corrected chi connectivity index (χ0v) is 20.0. The molecule has 0 aliphatic rings. The monoisotopic (exact) mass is 520 g/mol. The molecular formula is C22H18Cl2N4O5S. The molecule has 0 aliphatic heterocycles. The van der Waals surface area contributed by atoms with E-state index in [1.165, 1.54) is 53.0 Å². The van der Waals surface area contributed by atoms with Crippen molar-refractivity contribution in [1.82, 2.24) is 5.43 Å². The van der Waals surface area contributed by atoms with Crippen LogP contribution in [-0.4, -0.2) is 31.7 Å². The third-order valence-corrected chi connectivity index (χ3v) is 6.50. The Morgan fingerprint density at radius 2 is 1.76 bits per heavy atom. The van der Waals surface area contributed by atoms with Crippen LogP contribution < -0.4 is 9.73 Å². The van der Waals surface area contributed by atoms with Gasteiger partial charge in [-0.25, -0.2) is 13.8 Å². The zero-order chi connectivity index (χ0) is 24.9. The van der Waals surface area contributed by atoms with Crippen molar-refractivity contribution in [2.45, 2.75) is 6.54 Å². The summed E-state index contributed by atoms with van der Waals surface area (Å²) in [5.74, 6) is -0.568. The van der Waals surface area contributed by atoms with E-state index in [-0.39, 0.29) is 28.4 Å². The van der Waals surface area contributed by atoms with E-state index in [9.17, 15) is 23.3 Å². The van der Waals surface area contributed by atoms with Crippen LogP contribution in [0.2, 0.25) is 10.0 Å². The fourth-order valence-corrected chi connectivity index (χ4v) is 4.17. The second-order valence-corrected chi connectivity index (χ2v) is 9.79. The number of hydrogen-bond acceptors (Lipinski definition) is 6. The largest absolute Gasteiger partial charge is 0.271 e. The lowest BCUT2D eigenvalue weighted by Gasteiger charge is -2.23. The van der Waals surface area contributed by atoms with Gasteiger partial charge in [0.25, 0.3) is 11.6 Å². The van der Waals surface area contributed by atoms with Crippen molar-refractivity contribution in [2.24, 2.45) is 5.10 Å². The molecule has 0 atom stereocenters. The lowest BCUT2D eigenvalue weighted by molar-refractivity contribution is -0.384. The Hall–Kier alpha value is -3.47. The number of non-ortho nitro benzene ring substituents is 1. The average molecular weight is 521 g/mol. The summed E-state index contributed by atoms with van der Waals surface area (Å²) in [5.41, 5.74) is 3.60. The van der Waals surface area contributed by atoms with Crippen molar-refractivity contribution in [3.05, 3.63) is 104 Å². The molecule has 9 nitrogen and oxygen atoms in total. The van der Waals surface area contributed by atoms with E-state index >= 15 is 0 Å². The Morgan fingerprint density at radius 1 is 1.09 bits per heavy atom. The number of rotatable bonds is 8. The summed E-state index contributed by atoms with van der Waals surface area (Å²) in [4.78, 5) is 22.7. The van der Waals surface area contributed by atoms with Crippen LogP contribution in [-0.2, 0) is 16.6 Å². The molecule has 0 bridgehead atoms. The second-order valence-electron chi connectivity index (χ2n) is 7.07. The smallest absolute Gasteiger partial charge is 0.267 e. The minimum atomic E-state index is -3.63. The summed E-state index contributed by atoms with van der Waals surface area (Å²) in [5, 5.41) is 15.3. The number of anilines is 1. The number of carbonyl (C=O) groups is 1. The number of halogens is 2. The van der Waals surface area contributed by atoms with Crippen molar-refractivity contribution in [3.63, 3.8) is 0 Å². The van der Waals surface area contributed by atoms with E-state index in [2.05, 4.69) is 10.5 Å². The Balaban J connectivity index is 1.74. The van der Waals surface area contributed by atoms with Crippen LogP contribution in [0.1, 0.15) is 21.5 Å². The molecule has 3 aromatic rings. The summed E-state index contributed by atoms with van der Waals surface area (Å²) >= 11 is 12.2. The van der Waals surface area contributed by atoms with Gasteiger partial charge in [0.2, 0.25) is 10.0 Å². The maximum absolute atomic E-state index is 12.4. The van der Waals surface area contributed by atoms with E-state index in [0.29, 0.717) is 16.3 Å². The van der Waals surface area contributed by atoms with Gasteiger partial charge in [-0.15, -0.1) is 0 Å². The van der Waals surface area contributed by atoms with Gasteiger partial charge < -0.3 is 0 Å². The van der Waals surface area contributed by atoms with Crippen LogP contribution in [0.4, 0.5) is 11.4 Å². The molecule has 34 heavy (non-hydrogen) atoms. The van der Waals surface area contributed by atoms with Gasteiger partial charge in [0.15, 0.2) is 0 Å². The molecule has 0 fully saturated rings. The molecule has 0 radical (unpaired) electrons. The molecule has 0 heterocycles. The van der Waals surface area contributed by atoms with E-state index in [1.807, 2.05) is 0 Å². The average Bonchev–Trinajstić information content (AvgIpc) is 2.79. The minimum absolute atomic E-state index is 0.0261. The normalized spacial score (nSPS) is 11.4. The van der Waals surface area contributed by atoms with Gasteiger partial charge in [-0.2, -0.15) is 5.10 Å². The van der Waals surface area contributed by atoms with Crippen molar-refractivity contribution in [3.8, 4) is 0 Å². The highest BCUT2D eigenvalue weighted by atomic mass is 35.5.